The molecular formula is C19H31N. The maximum absolute atomic E-state index is 3.74. The van der Waals surface area contributed by atoms with Crippen LogP contribution in [0.4, 0.5) is 0 Å². The Morgan fingerprint density at radius 1 is 1.10 bits per heavy atom. The lowest BCUT2D eigenvalue weighted by atomic mass is 9.66. The van der Waals surface area contributed by atoms with Gasteiger partial charge < -0.3 is 5.32 Å². The predicted octanol–water partition coefficient (Wildman–Crippen LogP) is 4.55. The van der Waals surface area contributed by atoms with Crippen LogP contribution in [0.1, 0.15) is 58.1 Å². The quantitative estimate of drug-likeness (QED) is 0.801. The van der Waals surface area contributed by atoms with Gasteiger partial charge in [-0.25, -0.2) is 0 Å². The fraction of sp³-hybridized carbons (Fsp3) is 0.684. The van der Waals surface area contributed by atoms with Gasteiger partial charge in [-0.15, -0.1) is 0 Å². The van der Waals surface area contributed by atoms with E-state index in [1.807, 2.05) is 0 Å². The largest absolute Gasteiger partial charge is 0.316 e. The Kier molecular flexibility index (Phi) is 5.26. The lowest BCUT2D eigenvalue weighted by Crippen LogP contribution is -2.43. The molecule has 1 aliphatic rings. The summed E-state index contributed by atoms with van der Waals surface area (Å²) < 4.78 is 0. The molecule has 0 aromatic heterocycles. The second kappa shape index (κ2) is 6.76. The van der Waals surface area contributed by atoms with Crippen molar-refractivity contribution in [2.75, 3.05) is 13.1 Å². The van der Waals surface area contributed by atoms with Gasteiger partial charge in [0, 0.05) is 12.0 Å². The molecule has 0 spiro atoms. The molecule has 0 aliphatic heterocycles. The third kappa shape index (κ3) is 3.63. The molecule has 0 saturated heterocycles. The normalized spacial score (nSPS) is 22.3. The van der Waals surface area contributed by atoms with Gasteiger partial charge >= 0.3 is 0 Å². The zero-order valence-corrected chi connectivity index (χ0v) is 13.7. The summed E-state index contributed by atoms with van der Waals surface area (Å²) in [5.41, 5.74) is 3.57. The van der Waals surface area contributed by atoms with Gasteiger partial charge in [0.15, 0.2) is 0 Å². The van der Waals surface area contributed by atoms with E-state index in [2.05, 4.69) is 57.3 Å². The zero-order chi connectivity index (χ0) is 14.6. The van der Waals surface area contributed by atoms with Crippen LogP contribution in [0, 0.1) is 11.8 Å². The van der Waals surface area contributed by atoms with Gasteiger partial charge in [0.05, 0.1) is 0 Å². The van der Waals surface area contributed by atoms with E-state index in [9.17, 15) is 0 Å². The Labute approximate surface area is 125 Å². The summed E-state index contributed by atoms with van der Waals surface area (Å²) in [5, 5.41) is 3.74. The lowest BCUT2D eigenvalue weighted by Gasteiger charge is -2.41. The van der Waals surface area contributed by atoms with Crippen molar-refractivity contribution in [2.24, 2.45) is 11.8 Å². The van der Waals surface area contributed by atoms with E-state index in [4.69, 9.17) is 0 Å². The third-order valence-electron chi connectivity index (χ3n) is 4.51. The molecule has 1 N–H and O–H groups in total. The maximum atomic E-state index is 3.74. The van der Waals surface area contributed by atoms with E-state index in [-0.39, 0.29) is 0 Å². The first-order valence-corrected chi connectivity index (χ1v) is 8.32. The highest BCUT2D eigenvalue weighted by Crippen LogP contribution is 2.41. The van der Waals surface area contributed by atoms with Crippen LogP contribution in [0.2, 0.25) is 0 Å². The van der Waals surface area contributed by atoms with Crippen molar-refractivity contribution in [3.63, 3.8) is 0 Å². The second-order valence-corrected chi connectivity index (χ2v) is 7.41. The Balaban J connectivity index is 2.23. The van der Waals surface area contributed by atoms with Crippen molar-refractivity contribution >= 4 is 0 Å². The lowest BCUT2D eigenvalue weighted by molar-refractivity contribution is 0.277. The SMILES string of the molecule is CC(C)CNCC1(CC(C)C)CCCc2ccccc21. The van der Waals surface area contributed by atoms with Crippen LogP contribution in [0.25, 0.3) is 0 Å². The van der Waals surface area contributed by atoms with E-state index < -0.39 is 0 Å². The third-order valence-corrected chi connectivity index (χ3v) is 4.51. The van der Waals surface area contributed by atoms with Crippen molar-refractivity contribution in [1.82, 2.24) is 5.32 Å². The molecule has 1 aliphatic carbocycles. The van der Waals surface area contributed by atoms with Crippen molar-refractivity contribution in [1.29, 1.82) is 0 Å². The van der Waals surface area contributed by atoms with Gasteiger partial charge in [-0.2, -0.15) is 0 Å². The fourth-order valence-corrected chi connectivity index (χ4v) is 3.86. The van der Waals surface area contributed by atoms with Crippen LogP contribution in [-0.2, 0) is 11.8 Å². The van der Waals surface area contributed by atoms with E-state index in [1.165, 1.54) is 25.7 Å². The maximum Gasteiger partial charge on any atom is 0.00830 e. The molecule has 1 aromatic rings. The van der Waals surface area contributed by atoms with Gasteiger partial charge in [-0.1, -0.05) is 52.0 Å². The van der Waals surface area contributed by atoms with Crippen LogP contribution >= 0.6 is 0 Å². The van der Waals surface area contributed by atoms with E-state index in [1.54, 1.807) is 11.1 Å². The van der Waals surface area contributed by atoms with Crippen molar-refractivity contribution in [3.8, 4) is 0 Å². The van der Waals surface area contributed by atoms with E-state index in [0.717, 1.165) is 24.9 Å². The van der Waals surface area contributed by atoms with Gasteiger partial charge in [0.25, 0.3) is 0 Å². The summed E-state index contributed by atoms with van der Waals surface area (Å²) in [6.45, 7) is 11.6. The molecule has 0 heterocycles. The molecule has 1 heteroatoms. The van der Waals surface area contributed by atoms with Crippen LogP contribution in [0.3, 0.4) is 0 Å². The Hall–Kier alpha value is -0.820. The van der Waals surface area contributed by atoms with Gasteiger partial charge in [0.2, 0.25) is 0 Å². The van der Waals surface area contributed by atoms with Crippen LogP contribution < -0.4 is 5.32 Å². The monoisotopic (exact) mass is 273 g/mol. The molecule has 0 saturated carbocycles. The number of aryl methyl sites for hydroxylation is 1. The van der Waals surface area contributed by atoms with Crippen LogP contribution in [-0.4, -0.2) is 13.1 Å². The minimum Gasteiger partial charge on any atom is -0.316 e. The summed E-state index contributed by atoms with van der Waals surface area (Å²) >= 11 is 0. The Bertz CT molecular complexity index is 422. The highest BCUT2D eigenvalue weighted by Gasteiger charge is 2.36. The molecular weight excluding hydrogens is 242 g/mol. The summed E-state index contributed by atoms with van der Waals surface area (Å²) in [6.07, 6.45) is 5.25. The van der Waals surface area contributed by atoms with Crippen LogP contribution in [0.5, 0.6) is 0 Å². The number of benzene rings is 1. The first-order valence-electron chi connectivity index (χ1n) is 8.32. The minimum absolute atomic E-state index is 0.359. The van der Waals surface area contributed by atoms with Gasteiger partial charge in [0.1, 0.15) is 0 Å². The Morgan fingerprint density at radius 2 is 1.85 bits per heavy atom. The summed E-state index contributed by atoms with van der Waals surface area (Å²) in [6, 6.07) is 9.15. The van der Waals surface area contributed by atoms with Crippen molar-refractivity contribution in [2.45, 2.75) is 58.8 Å². The average Bonchev–Trinajstić information content (AvgIpc) is 2.38. The number of nitrogens with one attached hydrogen (secondary N) is 1. The topological polar surface area (TPSA) is 12.0 Å². The molecule has 112 valence electrons. The molecule has 0 radical (unpaired) electrons. The molecule has 0 bridgehead atoms. The second-order valence-electron chi connectivity index (χ2n) is 7.41. The number of fused-ring (bicyclic) bond motifs is 1. The predicted molar refractivity (Wildman–Crippen MR) is 88.2 cm³/mol. The summed E-state index contributed by atoms with van der Waals surface area (Å²) in [5.74, 6) is 1.48. The number of hydrogen-bond acceptors (Lipinski definition) is 1. The molecule has 2 rings (SSSR count). The molecule has 1 nitrogen and oxygen atoms in total. The van der Waals surface area contributed by atoms with E-state index in [0.29, 0.717) is 5.41 Å². The summed E-state index contributed by atoms with van der Waals surface area (Å²) in [4.78, 5) is 0. The smallest absolute Gasteiger partial charge is 0.00830 e. The molecule has 20 heavy (non-hydrogen) atoms. The van der Waals surface area contributed by atoms with E-state index >= 15 is 0 Å². The Morgan fingerprint density at radius 3 is 2.55 bits per heavy atom. The zero-order valence-electron chi connectivity index (χ0n) is 13.7. The summed E-state index contributed by atoms with van der Waals surface area (Å²) in [7, 11) is 0. The van der Waals surface area contributed by atoms with Gasteiger partial charge in [-0.3, -0.25) is 0 Å². The molecule has 1 atom stereocenters. The average molecular weight is 273 g/mol. The molecule has 1 unspecified atom stereocenters. The van der Waals surface area contributed by atoms with Crippen molar-refractivity contribution in [3.05, 3.63) is 35.4 Å². The highest BCUT2D eigenvalue weighted by molar-refractivity contribution is 5.37. The fourth-order valence-electron chi connectivity index (χ4n) is 3.86. The standard InChI is InChI=1S/C19H31N/c1-15(2)12-19(14-20-13-16(3)4)11-7-9-17-8-5-6-10-18(17)19/h5-6,8,10,15-16,20H,7,9,11-14H2,1-4H3. The molecule has 1 aromatic carbocycles. The number of hydrogen-bond donors (Lipinski definition) is 1. The van der Waals surface area contributed by atoms with Gasteiger partial charge in [-0.05, 0) is 55.2 Å². The molecule has 0 fully saturated rings. The first kappa shape index (κ1) is 15.6. The highest BCUT2D eigenvalue weighted by atomic mass is 14.9. The van der Waals surface area contributed by atoms with Crippen molar-refractivity contribution < 1.29 is 0 Å². The van der Waals surface area contributed by atoms with Crippen LogP contribution in [0.15, 0.2) is 24.3 Å². The molecule has 0 amide bonds. The minimum atomic E-state index is 0.359. The number of rotatable bonds is 6. The first-order chi connectivity index (χ1) is 9.53.